The van der Waals surface area contributed by atoms with Gasteiger partial charge in [0.15, 0.2) is 5.76 Å². The van der Waals surface area contributed by atoms with Gasteiger partial charge in [-0.15, -0.1) is 4.83 Å². The second kappa shape index (κ2) is 6.11. The summed E-state index contributed by atoms with van der Waals surface area (Å²) in [5.74, 6) is -0.330. The lowest BCUT2D eigenvalue weighted by atomic mass is 10.0. The van der Waals surface area contributed by atoms with E-state index in [4.69, 9.17) is 4.42 Å². The van der Waals surface area contributed by atoms with Crippen molar-refractivity contribution in [3.8, 4) is 0 Å². The normalized spacial score (nSPS) is 11.6. The zero-order chi connectivity index (χ0) is 15.5. The van der Waals surface area contributed by atoms with Crippen molar-refractivity contribution in [3.05, 3.63) is 54.0 Å². The summed E-state index contributed by atoms with van der Waals surface area (Å²) in [5, 5.41) is 0. The fraction of sp³-hybridized carbons (Fsp3) is 0.214. The molecule has 0 bridgehead atoms. The van der Waals surface area contributed by atoms with Gasteiger partial charge in [-0.1, -0.05) is 26.0 Å². The third-order valence-corrected chi connectivity index (χ3v) is 4.16. The van der Waals surface area contributed by atoms with E-state index in [-0.39, 0.29) is 10.7 Å². The zero-order valence-corrected chi connectivity index (χ0v) is 12.5. The maximum atomic E-state index is 12.0. The Morgan fingerprint density at radius 3 is 2.33 bits per heavy atom. The quantitative estimate of drug-likeness (QED) is 0.827. The summed E-state index contributed by atoms with van der Waals surface area (Å²) in [7, 11) is -3.81. The molecule has 0 spiro atoms. The van der Waals surface area contributed by atoms with Gasteiger partial charge in [0.05, 0.1) is 11.2 Å². The maximum Gasteiger partial charge on any atom is 0.301 e. The molecule has 0 atom stereocenters. The Bertz CT molecular complexity index is 704. The van der Waals surface area contributed by atoms with E-state index < -0.39 is 15.9 Å². The number of hydrogen-bond donors (Lipinski definition) is 2. The summed E-state index contributed by atoms with van der Waals surface area (Å²) >= 11 is 0. The van der Waals surface area contributed by atoms with Crippen molar-refractivity contribution in [2.45, 2.75) is 24.7 Å². The molecule has 21 heavy (non-hydrogen) atoms. The van der Waals surface area contributed by atoms with Crippen LogP contribution in [0.25, 0.3) is 0 Å². The van der Waals surface area contributed by atoms with Crippen LogP contribution in [0.2, 0.25) is 0 Å². The third kappa shape index (κ3) is 3.71. The molecule has 0 aliphatic rings. The first-order chi connectivity index (χ1) is 9.90. The molecule has 1 amide bonds. The van der Waals surface area contributed by atoms with Gasteiger partial charge in [-0.05, 0) is 35.7 Å². The van der Waals surface area contributed by atoms with Crippen molar-refractivity contribution in [2.24, 2.45) is 0 Å². The molecule has 1 aromatic heterocycles. The van der Waals surface area contributed by atoms with Gasteiger partial charge in [0.1, 0.15) is 0 Å². The second-order valence-corrected chi connectivity index (χ2v) is 6.44. The van der Waals surface area contributed by atoms with Gasteiger partial charge < -0.3 is 4.42 Å². The van der Waals surface area contributed by atoms with Gasteiger partial charge in [-0.2, -0.15) is 0 Å². The average molecular weight is 308 g/mol. The number of hydrogen-bond acceptors (Lipinski definition) is 4. The molecule has 0 saturated carbocycles. The second-order valence-electron chi connectivity index (χ2n) is 4.76. The molecule has 0 saturated heterocycles. The SMILES string of the molecule is CC(C)c1ccc(S(=O)(=O)NNC(=O)c2ccco2)cc1. The topological polar surface area (TPSA) is 88.4 Å². The first-order valence-corrected chi connectivity index (χ1v) is 7.84. The molecular weight excluding hydrogens is 292 g/mol. The number of hydrazine groups is 1. The van der Waals surface area contributed by atoms with Crippen LogP contribution in [0.15, 0.2) is 52.0 Å². The van der Waals surface area contributed by atoms with Gasteiger partial charge in [-0.25, -0.2) is 8.42 Å². The highest BCUT2D eigenvalue weighted by Crippen LogP contribution is 2.16. The first kappa shape index (κ1) is 15.3. The molecular formula is C14H16N2O4S. The molecule has 0 fully saturated rings. The summed E-state index contributed by atoms with van der Waals surface area (Å²) < 4.78 is 28.9. The summed E-state index contributed by atoms with van der Waals surface area (Å²) in [6, 6.07) is 9.45. The van der Waals surface area contributed by atoms with Crippen LogP contribution in [-0.4, -0.2) is 14.3 Å². The summed E-state index contributed by atoms with van der Waals surface area (Å²) in [4.78, 5) is 13.7. The molecule has 1 aromatic carbocycles. The van der Waals surface area contributed by atoms with Crippen molar-refractivity contribution in [1.29, 1.82) is 0 Å². The lowest BCUT2D eigenvalue weighted by Crippen LogP contribution is -2.41. The van der Waals surface area contributed by atoms with Crippen molar-refractivity contribution >= 4 is 15.9 Å². The van der Waals surface area contributed by atoms with Crippen LogP contribution >= 0.6 is 0 Å². The summed E-state index contributed by atoms with van der Waals surface area (Å²) in [6.07, 6.45) is 1.33. The molecule has 1 heterocycles. The summed E-state index contributed by atoms with van der Waals surface area (Å²) in [6.45, 7) is 4.04. The third-order valence-electron chi connectivity index (χ3n) is 2.90. The fourth-order valence-electron chi connectivity index (χ4n) is 1.67. The predicted molar refractivity (Wildman–Crippen MR) is 77.0 cm³/mol. The lowest BCUT2D eigenvalue weighted by Gasteiger charge is -2.09. The van der Waals surface area contributed by atoms with E-state index in [9.17, 15) is 13.2 Å². The number of sulfonamides is 1. The Kier molecular flexibility index (Phi) is 4.44. The van der Waals surface area contributed by atoms with Crippen molar-refractivity contribution in [2.75, 3.05) is 0 Å². The van der Waals surface area contributed by atoms with Crippen LogP contribution in [0, 0.1) is 0 Å². The predicted octanol–water partition coefficient (Wildman–Crippen LogP) is 2.03. The van der Waals surface area contributed by atoms with E-state index in [0.717, 1.165) is 5.56 Å². The molecule has 112 valence electrons. The van der Waals surface area contributed by atoms with Crippen LogP contribution in [0.3, 0.4) is 0 Å². The summed E-state index contributed by atoms with van der Waals surface area (Å²) in [5.41, 5.74) is 3.13. The minimum atomic E-state index is -3.81. The Hall–Kier alpha value is -2.12. The molecule has 0 unspecified atom stereocenters. The molecule has 0 radical (unpaired) electrons. The fourth-order valence-corrected chi connectivity index (χ4v) is 2.51. The zero-order valence-electron chi connectivity index (χ0n) is 11.7. The Morgan fingerprint density at radius 2 is 1.81 bits per heavy atom. The molecule has 0 aliphatic carbocycles. The molecule has 2 rings (SSSR count). The van der Waals surface area contributed by atoms with Crippen molar-refractivity contribution in [1.82, 2.24) is 10.3 Å². The molecule has 0 aliphatic heterocycles. The van der Waals surface area contributed by atoms with E-state index >= 15 is 0 Å². The molecule has 7 heteroatoms. The Morgan fingerprint density at radius 1 is 1.14 bits per heavy atom. The number of nitrogens with one attached hydrogen (secondary N) is 2. The molecule has 6 nitrogen and oxygen atoms in total. The van der Waals surface area contributed by atoms with Crippen LogP contribution in [0.4, 0.5) is 0 Å². The van der Waals surface area contributed by atoms with E-state index in [2.05, 4.69) is 5.43 Å². The van der Waals surface area contributed by atoms with E-state index in [0.29, 0.717) is 5.92 Å². The highest BCUT2D eigenvalue weighted by Gasteiger charge is 2.16. The van der Waals surface area contributed by atoms with Crippen LogP contribution in [0.1, 0.15) is 35.9 Å². The molecule has 2 aromatic rings. The van der Waals surface area contributed by atoms with E-state index in [1.165, 1.54) is 30.5 Å². The van der Waals surface area contributed by atoms with Crippen LogP contribution in [-0.2, 0) is 10.0 Å². The largest absolute Gasteiger partial charge is 0.459 e. The number of carbonyl (C=O) groups is 1. The van der Waals surface area contributed by atoms with Gasteiger partial charge in [-0.3, -0.25) is 10.2 Å². The number of furan rings is 1. The Labute approximate surface area is 123 Å². The maximum absolute atomic E-state index is 12.0. The Balaban J connectivity index is 2.06. The molecule has 2 N–H and O–H groups in total. The van der Waals surface area contributed by atoms with Crippen molar-refractivity contribution in [3.63, 3.8) is 0 Å². The van der Waals surface area contributed by atoms with Crippen LogP contribution < -0.4 is 10.3 Å². The van der Waals surface area contributed by atoms with Crippen LogP contribution in [0.5, 0.6) is 0 Å². The van der Waals surface area contributed by atoms with Gasteiger partial charge in [0, 0.05) is 0 Å². The first-order valence-electron chi connectivity index (χ1n) is 6.36. The van der Waals surface area contributed by atoms with Gasteiger partial charge >= 0.3 is 5.91 Å². The van der Waals surface area contributed by atoms with Gasteiger partial charge in [0.25, 0.3) is 10.0 Å². The highest BCUT2D eigenvalue weighted by molar-refractivity contribution is 7.89. The number of carbonyl (C=O) groups excluding carboxylic acids is 1. The van der Waals surface area contributed by atoms with Gasteiger partial charge in [0.2, 0.25) is 0 Å². The number of benzene rings is 1. The number of amides is 1. The minimum Gasteiger partial charge on any atom is -0.459 e. The smallest absolute Gasteiger partial charge is 0.301 e. The highest BCUT2D eigenvalue weighted by atomic mass is 32.2. The monoisotopic (exact) mass is 308 g/mol. The van der Waals surface area contributed by atoms with Crippen molar-refractivity contribution < 1.29 is 17.6 Å². The number of rotatable bonds is 5. The lowest BCUT2D eigenvalue weighted by molar-refractivity contribution is 0.0917. The minimum absolute atomic E-state index is 0.0212. The van der Waals surface area contributed by atoms with E-state index in [1.807, 2.05) is 18.7 Å². The average Bonchev–Trinajstić information content (AvgIpc) is 2.99. The standard InChI is InChI=1S/C14H16N2O4S/c1-10(2)11-5-7-12(8-6-11)21(18,19)16-15-14(17)13-4-3-9-20-13/h3-10,16H,1-2H3,(H,15,17). The van der Waals surface area contributed by atoms with E-state index in [1.54, 1.807) is 12.1 Å².